The Morgan fingerprint density at radius 3 is 2.53 bits per heavy atom. The van der Waals surface area contributed by atoms with E-state index in [-0.39, 0.29) is 41.9 Å². The van der Waals surface area contributed by atoms with Crippen LogP contribution in [0.2, 0.25) is 5.02 Å². The largest absolute Gasteiger partial charge is 1.00 e. The molecule has 0 spiro atoms. The SMILES string of the molecule is CS(=O)(=O)Nc1ccc(N2CC=C(C3CC(C(=O)[O-])Nc4cc(Cl)ccc43)C2=O)cc1.[Na+]. The van der Waals surface area contributed by atoms with Crippen LogP contribution in [-0.2, 0) is 19.6 Å². The van der Waals surface area contributed by atoms with Crippen LogP contribution in [0, 0.1) is 0 Å². The maximum absolute atomic E-state index is 13.2. The zero-order valence-electron chi connectivity index (χ0n) is 17.5. The number of carbonyl (C=O) groups excluding carboxylic acids is 2. The Morgan fingerprint density at radius 1 is 1.22 bits per heavy atom. The third-order valence-corrected chi connectivity index (χ3v) is 6.16. The van der Waals surface area contributed by atoms with Crippen molar-refractivity contribution in [3.8, 4) is 0 Å². The van der Waals surface area contributed by atoms with Gasteiger partial charge < -0.3 is 20.1 Å². The number of carbonyl (C=O) groups is 2. The molecule has 2 N–H and O–H groups in total. The zero-order chi connectivity index (χ0) is 22.3. The first-order valence-corrected chi connectivity index (χ1v) is 11.8. The Morgan fingerprint density at radius 2 is 1.91 bits per heavy atom. The van der Waals surface area contributed by atoms with Crippen LogP contribution in [0.3, 0.4) is 0 Å². The molecular weight excluding hydrogens is 465 g/mol. The van der Waals surface area contributed by atoms with Crippen molar-refractivity contribution in [1.29, 1.82) is 0 Å². The average molecular weight is 484 g/mol. The Hall–Kier alpha value is -2.04. The van der Waals surface area contributed by atoms with E-state index in [1.54, 1.807) is 53.4 Å². The van der Waals surface area contributed by atoms with Crippen LogP contribution in [0.1, 0.15) is 17.9 Å². The van der Waals surface area contributed by atoms with Crippen molar-refractivity contribution in [3.63, 3.8) is 0 Å². The van der Waals surface area contributed by atoms with Gasteiger partial charge in [-0.3, -0.25) is 9.52 Å². The number of carboxylic acids is 1. The minimum Gasteiger partial charge on any atom is -0.548 e. The maximum atomic E-state index is 13.2. The van der Waals surface area contributed by atoms with Gasteiger partial charge in [-0.15, -0.1) is 0 Å². The molecule has 11 heteroatoms. The second-order valence-corrected chi connectivity index (χ2v) is 9.72. The minimum atomic E-state index is -3.40. The number of nitrogens with one attached hydrogen (secondary N) is 2. The number of nitrogens with zero attached hydrogens (tertiary/aromatic N) is 1. The number of sulfonamides is 1. The van der Waals surface area contributed by atoms with Crippen molar-refractivity contribution in [1.82, 2.24) is 0 Å². The Balaban J connectivity index is 0.00000289. The van der Waals surface area contributed by atoms with Crippen LogP contribution in [-0.4, -0.2) is 39.1 Å². The first-order chi connectivity index (χ1) is 14.6. The molecule has 4 rings (SSSR count). The quantitative estimate of drug-likeness (QED) is 0.511. The van der Waals surface area contributed by atoms with Gasteiger partial charge in [0.25, 0.3) is 5.91 Å². The van der Waals surface area contributed by atoms with Crippen molar-refractivity contribution < 1.29 is 52.7 Å². The van der Waals surface area contributed by atoms with Crippen LogP contribution in [0.5, 0.6) is 0 Å². The van der Waals surface area contributed by atoms with Gasteiger partial charge in [0.15, 0.2) is 0 Å². The first kappa shape index (κ1) is 24.6. The van der Waals surface area contributed by atoms with Crippen LogP contribution in [0.25, 0.3) is 0 Å². The molecule has 8 nitrogen and oxygen atoms in total. The summed E-state index contributed by atoms with van der Waals surface area (Å²) in [6.07, 6.45) is 3.04. The van der Waals surface area contributed by atoms with Gasteiger partial charge in [0.05, 0.1) is 18.3 Å². The van der Waals surface area contributed by atoms with Crippen LogP contribution in [0.4, 0.5) is 17.1 Å². The van der Waals surface area contributed by atoms with E-state index in [0.717, 1.165) is 11.8 Å². The van der Waals surface area contributed by atoms with E-state index in [9.17, 15) is 23.1 Å². The van der Waals surface area contributed by atoms with Gasteiger partial charge in [-0.1, -0.05) is 23.7 Å². The van der Waals surface area contributed by atoms with Gasteiger partial charge in [-0.2, -0.15) is 0 Å². The predicted octanol–water partition coefficient (Wildman–Crippen LogP) is -1.29. The number of benzene rings is 2. The molecule has 0 saturated heterocycles. The standard InChI is InChI=1S/C21H20ClN3O5S.Na/c1-31(29,30)24-13-3-5-14(6-4-13)25-9-8-16(20(25)26)17-11-19(21(27)28)23-18-10-12(22)2-7-15(17)18;/h2-8,10,17,19,23-24H,9,11H2,1H3,(H,27,28);/q;+1/p-1. The number of hydrogen-bond donors (Lipinski definition) is 2. The van der Waals surface area contributed by atoms with Crippen LogP contribution < -0.4 is 49.6 Å². The molecule has 2 aromatic carbocycles. The van der Waals surface area contributed by atoms with Gasteiger partial charge in [-0.05, 0) is 48.4 Å². The van der Waals surface area contributed by atoms with E-state index in [1.165, 1.54) is 0 Å². The molecule has 0 aromatic heterocycles. The molecule has 2 aliphatic heterocycles. The molecule has 0 radical (unpaired) electrons. The molecule has 2 aromatic rings. The second kappa shape index (κ2) is 9.44. The van der Waals surface area contributed by atoms with Crippen LogP contribution in [0.15, 0.2) is 54.1 Å². The molecule has 0 fully saturated rings. The van der Waals surface area contributed by atoms with Gasteiger partial charge >= 0.3 is 29.6 Å². The topological polar surface area (TPSA) is 119 Å². The van der Waals surface area contributed by atoms with E-state index in [1.807, 2.05) is 0 Å². The molecular formula is C21H19ClN3NaO5S. The number of hydrogen-bond acceptors (Lipinski definition) is 6. The smallest absolute Gasteiger partial charge is 0.548 e. The maximum Gasteiger partial charge on any atom is 1.00 e. The fourth-order valence-corrected chi connectivity index (χ4v) is 4.71. The second-order valence-electron chi connectivity index (χ2n) is 7.53. The molecule has 32 heavy (non-hydrogen) atoms. The Labute approximate surface area is 213 Å². The molecule has 2 atom stereocenters. The summed E-state index contributed by atoms with van der Waals surface area (Å²) < 4.78 is 25.1. The number of amides is 1. The molecule has 0 aliphatic carbocycles. The van der Waals surface area contributed by atoms with E-state index >= 15 is 0 Å². The minimum absolute atomic E-state index is 0. The summed E-state index contributed by atoms with van der Waals surface area (Å²) in [5.74, 6) is -1.89. The van der Waals surface area contributed by atoms with Crippen LogP contribution >= 0.6 is 11.6 Å². The molecule has 0 saturated carbocycles. The van der Waals surface area contributed by atoms with E-state index < -0.39 is 28.0 Å². The Bertz CT molecular complexity index is 1200. The third-order valence-electron chi connectivity index (χ3n) is 5.32. The zero-order valence-corrected chi connectivity index (χ0v) is 21.0. The van der Waals surface area contributed by atoms with E-state index in [0.29, 0.717) is 34.2 Å². The number of rotatable bonds is 5. The molecule has 2 aliphatic rings. The monoisotopic (exact) mass is 483 g/mol. The summed E-state index contributed by atoms with van der Waals surface area (Å²) in [5, 5.41) is 14.9. The number of fused-ring (bicyclic) bond motifs is 1. The number of anilines is 3. The molecule has 0 bridgehead atoms. The Kier molecular flexibility index (Phi) is 7.26. The van der Waals surface area contributed by atoms with E-state index in [2.05, 4.69) is 10.0 Å². The van der Waals surface area contributed by atoms with E-state index in [4.69, 9.17) is 11.6 Å². The molecule has 2 heterocycles. The van der Waals surface area contributed by atoms with Gasteiger partial charge in [0.2, 0.25) is 10.0 Å². The number of carboxylic acid groups (broad SMARTS) is 1. The summed E-state index contributed by atoms with van der Waals surface area (Å²) in [7, 11) is -3.40. The van der Waals surface area contributed by atoms with Gasteiger partial charge in [0, 0.05) is 40.1 Å². The van der Waals surface area contributed by atoms with Crippen molar-refractivity contribution in [2.75, 3.05) is 27.7 Å². The molecule has 162 valence electrons. The first-order valence-electron chi connectivity index (χ1n) is 9.49. The fraction of sp³-hybridized carbons (Fsp3) is 0.238. The normalized spacial score (nSPS) is 20.0. The predicted molar refractivity (Wildman–Crippen MR) is 117 cm³/mol. The molecule has 1 amide bonds. The van der Waals surface area contributed by atoms with Gasteiger partial charge in [0.1, 0.15) is 0 Å². The van der Waals surface area contributed by atoms with Crippen molar-refractivity contribution >= 4 is 50.6 Å². The summed E-state index contributed by atoms with van der Waals surface area (Å²) >= 11 is 6.06. The molecule has 2 unspecified atom stereocenters. The summed E-state index contributed by atoms with van der Waals surface area (Å²) in [6, 6.07) is 10.7. The third kappa shape index (κ3) is 5.13. The number of halogens is 1. The summed E-state index contributed by atoms with van der Waals surface area (Å²) in [6.45, 7) is 0.329. The van der Waals surface area contributed by atoms with Crippen molar-refractivity contribution in [2.45, 2.75) is 18.4 Å². The summed E-state index contributed by atoms with van der Waals surface area (Å²) in [4.78, 5) is 26.3. The number of aliphatic carboxylic acids is 1. The fourth-order valence-electron chi connectivity index (χ4n) is 3.97. The van der Waals surface area contributed by atoms with Crippen molar-refractivity contribution in [2.24, 2.45) is 0 Å². The summed E-state index contributed by atoms with van der Waals surface area (Å²) in [5.41, 5.74) is 2.89. The van der Waals surface area contributed by atoms with Crippen molar-refractivity contribution in [3.05, 3.63) is 64.7 Å². The van der Waals surface area contributed by atoms with Gasteiger partial charge in [-0.25, -0.2) is 8.42 Å². The average Bonchev–Trinajstić information content (AvgIpc) is 3.07.